The van der Waals surface area contributed by atoms with Crippen LogP contribution in [-0.4, -0.2) is 31.0 Å². The van der Waals surface area contributed by atoms with Gasteiger partial charge in [0.15, 0.2) is 5.78 Å². The summed E-state index contributed by atoms with van der Waals surface area (Å²) in [6, 6.07) is 25.4. The van der Waals surface area contributed by atoms with Crippen LogP contribution in [-0.2, 0) is 20.9 Å². The van der Waals surface area contributed by atoms with Gasteiger partial charge in [0.25, 0.3) is 0 Å². The monoisotopic (exact) mass is 431 g/mol. The lowest BCUT2D eigenvalue weighted by Crippen LogP contribution is -2.42. The van der Waals surface area contributed by atoms with Crippen LogP contribution in [0.25, 0.3) is 11.1 Å². The second-order valence-corrected chi connectivity index (χ2v) is 7.19. The molecule has 3 aromatic rings. The second-order valence-electron chi connectivity index (χ2n) is 7.19. The smallest absolute Gasteiger partial charge is 0.408 e. The van der Waals surface area contributed by atoms with E-state index in [-0.39, 0.29) is 25.2 Å². The summed E-state index contributed by atoms with van der Waals surface area (Å²) in [6.07, 6.45) is -0.550. The van der Waals surface area contributed by atoms with Crippen molar-refractivity contribution in [2.75, 3.05) is 7.11 Å². The molecule has 0 aliphatic heterocycles. The Bertz CT molecular complexity index is 1030. The number of carbonyl (C=O) groups is 3. The zero-order chi connectivity index (χ0) is 22.8. The van der Waals surface area contributed by atoms with Crippen molar-refractivity contribution >= 4 is 17.8 Å². The minimum Gasteiger partial charge on any atom is -0.467 e. The van der Waals surface area contributed by atoms with Crippen molar-refractivity contribution < 1.29 is 23.9 Å². The Kier molecular flexibility index (Phi) is 8.15. The van der Waals surface area contributed by atoms with E-state index in [0.29, 0.717) is 5.56 Å². The summed E-state index contributed by atoms with van der Waals surface area (Å²) in [5.74, 6) is -0.747. The SMILES string of the molecule is COC(=O)C(CCC(=O)c1ccccc1)NC(=O)OCc1ccc(-c2ccccc2)cc1. The average Bonchev–Trinajstić information content (AvgIpc) is 2.86. The number of esters is 1. The number of ether oxygens (including phenoxy) is 2. The zero-order valence-electron chi connectivity index (χ0n) is 17.8. The molecule has 6 nitrogen and oxygen atoms in total. The Morgan fingerprint density at radius 3 is 2.03 bits per heavy atom. The van der Waals surface area contributed by atoms with E-state index in [9.17, 15) is 14.4 Å². The van der Waals surface area contributed by atoms with E-state index in [1.807, 2.05) is 60.7 Å². The molecule has 6 heteroatoms. The summed E-state index contributed by atoms with van der Waals surface area (Å²) >= 11 is 0. The van der Waals surface area contributed by atoms with Crippen molar-refractivity contribution in [3.8, 4) is 11.1 Å². The molecule has 0 radical (unpaired) electrons. The highest BCUT2D eigenvalue weighted by Crippen LogP contribution is 2.19. The lowest BCUT2D eigenvalue weighted by Gasteiger charge is -2.16. The molecule has 0 heterocycles. The van der Waals surface area contributed by atoms with E-state index in [1.165, 1.54) is 7.11 Å². The zero-order valence-corrected chi connectivity index (χ0v) is 17.8. The van der Waals surface area contributed by atoms with Crippen LogP contribution < -0.4 is 5.32 Å². The Balaban J connectivity index is 1.51. The van der Waals surface area contributed by atoms with Gasteiger partial charge in [0, 0.05) is 12.0 Å². The average molecular weight is 431 g/mol. The topological polar surface area (TPSA) is 81.7 Å². The van der Waals surface area contributed by atoms with Crippen LogP contribution in [0.1, 0.15) is 28.8 Å². The highest BCUT2D eigenvalue weighted by molar-refractivity contribution is 5.96. The molecule has 1 N–H and O–H groups in total. The molecule has 0 aliphatic carbocycles. The lowest BCUT2D eigenvalue weighted by molar-refractivity contribution is -0.143. The largest absolute Gasteiger partial charge is 0.467 e. The van der Waals surface area contributed by atoms with Gasteiger partial charge >= 0.3 is 12.1 Å². The first-order chi connectivity index (χ1) is 15.6. The van der Waals surface area contributed by atoms with E-state index in [0.717, 1.165) is 16.7 Å². The Morgan fingerprint density at radius 2 is 1.41 bits per heavy atom. The molecule has 0 fully saturated rings. The Labute approximate surface area is 187 Å². The third kappa shape index (κ3) is 6.54. The van der Waals surface area contributed by atoms with Gasteiger partial charge in [0.1, 0.15) is 12.6 Å². The molecular weight excluding hydrogens is 406 g/mol. The van der Waals surface area contributed by atoms with Crippen LogP contribution >= 0.6 is 0 Å². The summed E-state index contributed by atoms with van der Waals surface area (Å²) in [4.78, 5) is 36.6. The maximum atomic E-state index is 12.3. The van der Waals surface area contributed by atoms with E-state index >= 15 is 0 Å². The summed E-state index contributed by atoms with van der Waals surface area (Å²) in [5.41, 5.74) is 3.53. The quantitative estimate of drug-likeness (QED) is 0.389. The first kappa shape index (κ1) is 22.7. The van der Waals surface area contributed by atoms with Crippen molar-refractivity contribution in [1.29, 1.82) is 0 Å². The predicted octanol–water partition coefficient (Wildman–Crippen LogP) is 4.78. The number of hydrogen-bond acceptors (Lipinski definition) is 5. The maximum Gasteiger partial charge on any atom is 0.408 e. The third-order valence-corrected chi connectivity index (χ3v) is 4.96. The molecule has 0 spiro atoms. The van der Waals surface area contributed by atoms with Gasteiger partial charge < -0.3 is 14.8 Å². The standard InChI is InChI=1S/C26H25NO5/c1-31-25(29)23(16-17-24(28)22-10-6-3-7-11-22)27-26(30)32-18-19-12-14-21(15-13-19)20-8-4-2-5-9-20/h2-15,23H,16-18H2,1H3,(H,27,30). The van der Waals surface area contributed by atoms with Crippen LogP contribution in [0.4, 0.5) is 4.79 Å². The highest BCUT2D eigenvalue weighted by atomic mass is 16.6. The molecule has 164 valence electrons. The Hall–Kier alpha value is -3.93. The van der Waals surface area contributed by atoms with Crippen LogP contribution in [0.2, 0.25) is 0 Å². The normalized spacial score (nSPS) is 11.3. The van der Waals surface area contributed by atoms with Gasteiger partial charge in [-0.15, -0.1) is 0 Å². The number of alkyl carbamates (subject to hydrolysis) is 1. The van der Waals surface area contributed by atoms with Gasteiger partial charge in [-0.05, 0) is 23.1 Å². The van der Waals surface area contributed by atoms with E-state index in [4.69, 9.17) is 9.47 Å². The first-order valence-electron chi connectivity index (χ1n) is 10.3. The number of methoxy groups -OCH3 is 1. The molecule has 0 saturated carbocycles. The van der Waals surface area contributed by atoms with E-state index in [2.05, 4.69) is 5.32 Å². The molecule has 0 saturated heterocycles. The minimum absolute atomic E-state index is 0.0533. The molecular formula is C26H25NO5. The molecule has 1 unspecified atom stereocenters. The number of amides is 1. The highest BCUT2D eigenvalue weighted by Gasteiger charge is 2.23. The van der Waals surface area contributed by atoms with Gasteiger partial charge in [-0.3, -0.25) is 4.79 Å². The summed E-state index contributed by atoms with van der Waals surface area (Å²) in [7, 11) is 1.23. The van der Waals surface area contributed by atoms with E-state index < -0.39 is 18.1 Å². The number of carbonyl (C=O) groups excluding carboxylic acids is 3. The molecule has 0 aliphatic rings. The van der Waals surface area contributed by atoms with Crippen LogP contribution in [0.15, 0.2) is 84.9 Å². The number of nitrogens with one attached hydrogen (secondary N) is 1. The number of Topliss-reactive ketones (excluding diaryl/α,β-unsaturated/α-hetero) is 1. The molecule has 3 rings (SSSR count). The fourth-order valence-corrected chi connectivity index (χ4v) is 3.19. The molecule has 1 atom stereocenters. The number of hydrogen-bond donors (Lipinski definition) is 1. The van der Waals surface area contributed by atoms with Crippen molar-refractivity contribution in [3.05, 3.63) is 96.1 Å². The minimum atomic E-state index is -0.972. The molecule has 0 aromatic heterocycles. The molecule has 0 bridgehead atoms. The fraction of sp³-hybridized carbons (Fsp3) is 0.192. The van der Waals surface area contributed by atoms with Crippen molar-refractivity contribution in [1.82, 2.24) is 5.32 Å². The lowest BCUT2D eigenvalue weighted by atomic mass is 10.0. The molecule has 32 heavy (non-hydrogen) atoms. The second kappa shape index (κ2) is 11.5. The van der Waals surface area contributed by atoms with Gasteiger partial charge in [0.05, 0.1) is 7.11 Å². The van der Waals surface area contributed by atoms with Crippen molar-refractivity contribution in [3.63, 3.8) is 0 Å². The van der Waals surface area contributed by atoms with Crippen LogP contribution in [0.3, 0.4) is 0 Å². The van der Waals surface area contributed by atoms with E-state index in [1.54, 1.807) is 24.3 Å². The number of ketones is 1. The summed E-state index contributed by atoms with van der Waals surface area (Å²) < 4.78 is 10.00. The molecule has 3 aromatic carbocycles. The fourth-order valence-electron chi connectivity index (χ4n) is 3.19. The number of benzene rings is 3. The summed E-state index contributed by atoms with van der Waals surface area (Å²) in [5, 5.41) is 2.49. The van der Waals surface area contributed by atoms with Gasteiger partial charge in [0.2, 0.25) is 0 Å². The Morgan fingerprint density at radius 1 is 0.812 bits per heavy atom. The third-order valence-electron chi connectivity index (χ3n) is 4.96. The maximum absolute atomic E-state index is 12.3. The van der Waals surface area contributed by atoms with Crippen LogP contribution in [0.5, 0.6) is 0 Å². The van der Waals surface area contributed by atoms with Crippen molar-refractivity contribution in [2.45, 2.75) is 25.5 Å². The first-order valence-corrected chi connectivity index (χ1v) is 10.3. The van der Waals surface area contributed by atoms with Crippen LogP contribution in [0, 0.1) is 0 Å². The molecule has 1 amide bonds. The predicted molar refractivity (Wildman–Crippen MR) is 121 cm³/mol. The van der Waals surface area contributed by atoms with Crippen molar-refractivity contribution in [2.24, 2.45) is 0 Å². The van der Waals surface area contributed by atoms with Gasteiger partial charge in [-0.25, -0.2) is 9.59 Å². The van der Waals surface area contributed by atoms with Gasteiger partial charge in [-0.2, -0.15) is 0 Å². The number of rotatable bonds is 9. The van der Waals surface area contributed by atoms with Gasteiger partial charge in [-0.1, -0.05) is 84.9 Å². The summed E-state index contributed by atoms with van der Waals surface area (Å²) in [6.45, 7) is 0.0533.